The largest absolute Gasteiger partial charge is 0.472 e. The number of nitrogens with zero attached hydrogens (tertiary/aromatic N) is 3. The number of amides is 2. The third kappa shape index (κ3) is 3.26. The molecule has 6 heteroatoms. The fraction of sp³-hybridized carbons (Fsp3) is 0.600. The molecule has 0 atom stereocenters. The summed E-state index contributed by atoms with van der Waals surface area (Å²) in [5, 5.41) is 0. The van der Waals surface area contributed by atoms with Crippen LogP contribution in [0.2, 0.25) is 0 Å². The minimum Gasteiger partial charge on any atom is -0.472 e. The Morgan fingerprint density at radius 2 is 1.71 bits per heavy atom. The zero-order chi connectivity index (χ0) is 14.7. The SMILES string of the molecule is O=C(CN1CCN(C(=O)c2ccoc2)CC1)N1CCCC1. The third-order valence-corrected chi connectivity index (χ3v) is 4.25. The molecule has 114 valence electrons. The van der Waals surface area contributed by atoms with E-state index in [2.05, 4.69) is 4.90 Å². The first-order valence-electron chi connectivity index (χ1n) is 7.55. The van der Waals surface area contributed by atoms with E-state index in [1.165, 1.54) is 12.5 Å². The van der Waals surface area contributed by atoms with Crippen molar-refractivity contribution in [2.45, 2.75) is 12.8 Å². The van der Waals surface area contributed by atoms with E-state index in [1.807, 2.05) is 9.80 Å². The number of furan rings is 1. The van der Waals surface area contributed by atoms with Crippen LogP contribution in [0.15, 0.2) is 23.0 Å². The fourth-order valence-corrected chi connectivity index (χ4v) is 2.94. The van der Waals surface area contributed by atoms with Gasteiger partial charge in [-0.3, -0.25) is 14.5 Å². The Bertz CT molecular complexity index is 486. The molecule has 21 heavy (non-hydrogen) atoms. The highest BCUT2D eigenvalue weighted by atomic mass is 16.3. The van der Waals surface area contributed by atoms with Crippen molar-refractivity contribution in [3.63, 3.8) is 0 Å². The molecule has 2 aliphatic rings. The minimum atomic E-state index is 0.00858. The highest BCUT2D eigenvalue weighted by Gasteiger charge is 2.25. The quantitative estimate of drug-likeness (QED) is 0.821. The molecule has 0 N–H and O–H groups in total. The van der Waals surface area contributed by atoms with Crippen LogP contribution in [0.25, 0.3) is 0 Å². The average Bonchev–Trinajstić information content (AvgIpc) is 3.20. The summed E-state index contributed by atoms with van der Waals surface area (Å²) in [6.07, 6.45) is 5.24. The van der Waals surface area contributed by atoms with Gasteiger partial charge in [-0.05, 0) is 18.9 Å². The first kappa shape index (κ1) is 14.1. The van der Waals surface area contributed by atoms with E-state index in [9.17, 15) is 9.59 Å². The molecule has 3 heterocycles. The number of carbonyl (C=O) groups is 2. The van der Waals surface area contributed by atoms with E-state index >= 15 is 0 Å². The maximum absolute atomic E-state index is 12.2. The maximum Gasteiger partial charge on any atom is 0.257 e. The van der Waals surface area contributed by atoms with Gasteiger partial charge < -0.3 is 14.2 Å². The van der Waals surface area contributed by atoms with Crippen molar-refractivity contribution in [3.8, 4) is 0 Å². The van der Waals surface area contributed by atoms with Crippen LogP contribution in [0.3, 0.4) is 0 Å². The molecule has 0 saturated carbocycles. The molecule has 1 aromatic rings. The van der Waals surface area contributed by atoms with Crippen molar-refractivity contribution in [2.75, 3.05) is 45.8 Å². The zero-order valence-electron chi connectivity index (χ0n) is 12.2. The second-order valence-electron chi connectivity index (χ2n) is 5.67. The fourth-order valence-electron chi connectivity index (χ4n) is 2.94. The van der Waals surface area contributed by atoms with Crippen molar-refractivity contribution in [2.24, 2.45) is 0 Å². The first-order chi connectivity index (χ1) is 10.2. The lowest BCUT2D eigenvalue weighted by molar-refractivity contribution is -0.131. The molecule has 2 saturated heterocycles. The van der Waals surface area contributed by atoms with Crippen LogP contribution in [0.1, 0.15) is 23.2 Å². The van der Waals surface area contributed by atoms with E-state index in [-0.39, 0.29) is 11.8 Å². The van der Waals surface area contributed by atoms with Gasteiger partial charge in [-0.2, -0.15) is 0 Å². The Hall–Kier alpha value is -1.82. The van der Waals surface area contributed by atoms with Crippen molar-refractivity contribution >= 4 is 11.8 Å². The Balaban J connectivity index is 1.46. The Kier molecular flexibility index (Phi) is 4.24. The molecule has 3 rings (SSSR count). The average molecular weight is 291 g/mol. The predicted molar refractivity (Wildman–Crippen MR) is 76.9 cm³/mol. The van der Waals surface area contributed by atoms with E-state index in [1.54, 1.807) is 6.07 Å². The smallest absolute Gasteiger partial charge is 0.257 e. The van der Waals surface area contributed by atoms with Gasteiger partial charge in [-0.1, -0.05) is 0 Å². The summed E-state index contributed by atoms with van der Waals surface area (Å²) >= 11 is 0. The number of likely N-dealkylation sites (tertiary alicyclic amines) is 1. The Morgan fingerprint density at radius 3 is 2.33 bits per heavy atom. The first-order valence-corrected chi connectivity index (χ1v) is 7.55. The van der Waals surface area contributed by atoms with Crippen molar-refractivity contribution in [1.82, 2.24) is 14.7 Å². The highest BCUT2D eigenvalue weighted by Crippen LogP contribution is 2.11. The van der Waals surface area contributed by atoms with Crippen LogP contribution in [-0.2, 0) is 4.79 Å². The number of carbonyl (C=O) groups excluding carboxylic acids is 2. The standard InChI is InChI=1S/C15H21N3O3/c19-14(17-4-1-2-5-17)11-16-6-8-18(9-7-16)15(20)13-3-10-21-12-13/h3,10,12H,1-2,4-9,11H2. The van der Waals surface area contributed by atoms with Gasteiger partial charge in [0.15, 0.2) is 0 Å². The van der Waals surface area contributed by atoms with Crippen molar-refractivity contribution < 1.29 is 14.0 Å². The number of rotatable bonds is 3. The third-order valence-electron chi connectivity index (χ3n) is 4.25. The summed E-state index contributed by atoms with van der Waals surface area (Å²) in [7, 11) is 0. The topological polar surface area (TPSA) is 57.0 Å². The summed E-state index contributed by atoms with van der Waals surface area (Å²) in [5.74, 6) is 0.233. The van der Waals surface area contributed by atoms with Gasteiger partial charge in [-0.15, -0.1) is 0 Å². The molecule has 0 aromatic carbocycles. The van der Waals surface area contributed by atoms with Crippen LogP contribution in [0.5, 0.6) is 0 Å². The minimum absolute atomic E-state index is 0.00858. The molecule has 2 amide bonds. The van der Waals surface area contributed by atoms with Gasteiger partial charge in [-0.25, -0.2) is 0 Å². The van der Waals surface area contributed by atoms with E-state index < -0.39 is 0 Å². The maximum atomic E-state index is 12.2. The van der Waals surface area contributed by atoms with E-state index in [4.69, 9.17) is 4.42 Å². The Labute approximate surface area is 124 Å². The zero-order valence-corrected chi connectivity index (χ0v) is 12.2. The van der Waals surface area contributed by atoms with Gasteiger partial charge in [0, 0.05) is 39.3 Å². The normalized spacial score (nSPS) is 20.0. The second-order valence-corrected chi connectivity index (χ2v) is 5.67. The second kappa shape index (κ2) is 6.30. The highest BCUT2D eigenvalue weighted by molar-refractivity contribution is 5.93. The molecule has 0 radical (unpaired) electrons. The van der Waals surface area contributed by atoms with Crippen LogP contribution in [-0.4, -0.2) is 72.3 Å². The Morgan fingerprint density at radius 1 is 1.00 bits per heavy atom. The van der Waals surface area contributed by atoms with Gasteiger partial charge >= 0.3 is 0 Å². The van der Waals surface area contributed by atoms with Crippen LogP contribution in [0.4, 0.5) is 0 Å². The van der Waals surface area contributed by atoms with Crippen LogP contribution < -0.4 is 0 Å². The molecule has 1 aromatic heterocycles. The number of piperazine rings is 1. The molecule has 6 nitrogen and oxygen atoms in total. The van der Waals surface area contributed by atoms with Crippen LogP contribution in [0, 0.1) is 0 Å². The molecule has 0 unspecified atom stereocenters. The summed E-state index contributed by atoms with van der Waals surface area (Å²) in [5.41, 5.74) is 0.594. The summed E-state index contributed by atoms with van der Waals surface area (Å²) in [6, 6.07) is 1.69. The van der Waals surface area contributed by atoms with Crippen molar-refractivity contribution in [1.29, 1.82) is 0 Å². The van der Waals surface area contributed by atoms with Gasteiger partial charge in [0.1, 0.15) is 6.26 Å². The molecular weight excluding hydrogens is 270 g/mol. The molecule has 0 bridgehead atoms. The molecule has 2 fully saturated rings. The van der Waals surface area contributed by atoms with Gasteiger partial charge in [0.25, 0.3) is 5.91 Å². The summed E-state index contributed by atoms with van der Waals surface area (Å²) in [6.45, 7) is 5.12. The lowest BCUT2D eigenvalue weighted by Gasteiger charge is -2.34. The number of hydrogen-bond acceptors (Lipinski definition) is 4. The molecular formula is C15H21N3O3. The van der Waals surface area contributed by atoms with E-state index in [0.29, 0.717) is 25.2 Å². The van der Waals surface area contributed by atoms with Crippen LogP contribution >= 0.6 is 0 Å². The molecule has 0 spiro atoms. The number of hydrogen-bond donors (Lipinski definition) is 0. The van der Waals surface area contributed by atoms with Gasteiger partial charge in [0.2, 0.25) is 5.91 Å². The lowest BCUT2D eigenvalue weighted by atomic mass is 10.2. The van der Waals surface area contributed by atoms with E-state index in [0.717, 1.165) is 39.0 Å². The monoisotopic (exact) mass is 291 g/mol. The van der Waals surface area contributed by atoms with Crippen molar-refractivity contribution in [3.05, 3.63) is 24.2 Å². The van der Waals surface area contributed by atoms with Gasteiger partial charge in [0.05, 0.1) is 18.4 Å². The molecule has 2 aliphatic heterocycles. The predicted octanol–water partition coefficient (Wildman–Crippen LogP) is 0.660. The molecule has 0 aliphatic carbocycles. The summed E-state index contributed by atoms with van der Waals surface area (Å²) in [4.78, 5) is 30.2. The summed E-state index contributed by atoms with van der Waals surface area (Å²) < 4.78 is 4.95. The lowest BCUT2D eigenvalue weighted by Crippen LogP contribution is -2.51.